The lowest BCUT2D eigenvalue weighted by Gasteiger charge is -2.15. The zero-order valence-electron chi connectivity index (χ0n) is 15.5. The molecule has 28 heavy (non-hydrogen) atoms. The van der Waals surface area contributed by atoms with Crippen LogP contribution in [-0.2, 0) is 14.8 Å². The number of ether oxygens (including phenoxy) is 2. The topological polar surface area (TPSA) is 90.4 Å². The normalized spacial score (nSPS) is 17.0. The maximum atomic E-state index is 12.8. The van der Waals surface area contributed by atoms with Gasteiger partial charge in [0.25, 0.3) is 15.9 Å². The van der Waals surface area contributed by atoms with E-state index in [1.165, 1.54) is 0 Å². The Bertz CT molecular complexity index is 1080. The quantitative estimate of drug-likeness (QED) is 0.684. The Morgan fingerprint density at radius 1 is 1.11 bits per heavy atom. The molecule has 2 heterocycles. The molecule has 0 radical (unpaired) electrons. The van der Waals surface area contributed by atoms with Crippen molar-refractivity contribution < 1.29 is 17.9 Å². The SMILES string of the molecule is Cc1ccc(S(=O)(=O)Nc2nc3ccccc3nc2OCC2CCCO2)cc1. The number of hydrogen-bond donors (Lipinski definition) is 1. The van der Waals surface area contributed by atoms with E-state index in [1.807, 2.05) is 19.1 Å². The minimum atomic E-state index is -3.82. The fourth-order valence-electron chi connectivity index (χ4n) is 3.00. The highest BCUT2D eigenvalue weighted by molar-refractivity contribution is 7.92. The summed E-state index contributed by atoms with van der Waals surface area (Å²) in [4.78, 5) is 9.04. The van der Waals surface area contributed by atoms with Crippen molar-refractivity contribution in [3.63, 3.8) is 0 Å². The highest BCUT2D eigenvalue weighted by Crippen LogP contribution is 2.27. The van der Waals surface area contributed by atoms with E-state index in [2.05, 4.69) is 14.7 Å². The van der Waals surface area contributed by atoms with Crippen molar-refractivity contribution in [2.45, 2.75) is 30.8 Å². The minimum absolute atomic E-state index is 0.0187. The van der Waals surface area contributed by atoms with Crippen LogP contribution in [0.4, 0.5) is 5.82 Å². The number of para-hydroxylation sites is 2. The first-order chi connectivity index (χ1) is 13.5. The fourth-order valence-corrected chi connectivity index (χ4v) is 4.00. The number of hydrogen-bond acceptors (Lipinski definition) is 6. The van der Waals surface area contributed by atoms with Crippen LogP contribution in [0, 0.1) is 6.92 Å². The summed E-state index contributed by atoms with van der Waals surface area (Å²) in [7, 11) is -3.82. The van der Waals surface area contributed by atoms with Gasteiger partial charge in [-0.3, -0.25) is 4.72 Å². The predicted molar refractivity (Wildman–Crippen MR) is 106 cm³/mol. The Kier molecular flexibility index (Phi) is 5.15. The molecule has 3 aromatic rings. The molecule has 4 rings (SSSR count). The summed E-state index contributed by atoms with van der Waals surface area (Å²) in [5.41, 5.74) is 2.18. The number of aromatic nitrogens is 2. The molecule has 1 aliphatic heterocycles. The van der Waals surface area contributed by atoms with Gasteiger partial charge in [-0.15, -0.1) is 0 Å². The molecule has 0 aliphatic carbocycles. The third-order valence-corrected chi connectivity index (χ3v) is 5.89. The van der Waals surface area contributed by atoms with E-state index in [9.17, 15) is 8.42 Å². The summed E-state index contributed by atoms with van der Waals surface area (Å²) in [5, 5.41) is 0. The van der Waals surface area contributed by atoms with Gasteiger partial charge in [0.1, 0.15) is 6.61 Å². The highest BCUT2D eigenvalue weighted by atomic mass is 32.2. The van der Waals surface area contributed by atoms with Gasteiger partial charge in [0.05, 0.1) is 22.0 Å². The van der Waals surface area contributed by atoms with E-state index in [0.29, 0.717) is 24.2 Å². The van der Waals surface area contributed by atoms with Crippen LogP contribution in [0.25, 0.3) is 11.0 Å². The smallest absolute Gasteiger partial charge is 0.263 e. The number of anilines is 1. The van der Waals surface area contributed by atoms with Crippen molar-refractivity contribution in [2.24, 2.45) is 0 Å². The van der Waals surface area contributed by atoms with Crippen molar-refractivity contribution in [1.29, 1.82) is 0 Å². The molecule has 2 aromatic carbocycles. The van der Waals surface area contributed by atoms with Gasteiger partial charge < -0.3 is 9.47 Å². The summed E-state index contributed by atoms with van der Waals surface area (Å²) in [5.74, 6) is 0.210. The number of aryl methyl sites for hydroxylation is 1. The maximum Gasteiger partial charge on any atom is 0.263 e. The van der Waals surface area contributed by atoms with Crippen LogP contribution in [0.1, 0.15) is 18.4 Å². The van der Waals surface area contributed by atoms with Gasteiger partial charge >= 0.3 is 0 Å². The van der Waals surface area contributed by atoms with Crippen LogP contribution in [0.15, 0.2) is 53.4 Å². The van der Waals surface area contributed by atoms with Crippen LogP contribution in [0.5, 0.6) is 5.88 Å². The Labute approximate surface area is 163 Å². The summed E-state index contributed by atoms with van der Waals surface area (Å²) in [6.45, 7) is 2.91. The van der Waals surface area contributed by atoms with Crippen molar-refractivity contribution >= 4 is 26.9 Å². The van der Waals surface area contributed by atoms with Crippen molar-refractivity contribution in [3.05, 3.63) is 54.1 Å². The van der Waals surface area contributed by atoms with E-state index in [1.54, 1.807) is 36.4 Å². The molecule has 1 unspecified atom stereocenters. The number of sulfonamides is 1. The fraction of sp³-hybridized carbons (Fsp3) is 0.300. The van der Waals surface area contributed by atoms with E-state index in [0.717, 1.165) is 18.4 Å². The molecule has 0 bridgehead atoms. The highest BCUT2D eigenvalue weighted by Gasteiger charge is 2.22. The molecular formula is C20H21N3O4S. The summed E-state index contributed by atoms with van der Waals surface area (Å²) in [6.07, 6.45) is 1.88. The molecule has 8 heteroatoms. The average molecular weight is 399 g/mol. The standard InChI is InChI=1S/C20H21N3O4S/c1-14-8-10-16(11-9-14)28(24,25)23-19-20(27-13-15-5-4-12-26-15)22-18-7-3-2-6-17(18)21-19/h2-3,6-11,15H,4-5,12-13H2,1H3,(H,21,23). The Morgan fingerprint density at radius 3 is 2.50 bits per heavy atom. The Hall–Kier alpha value is -2.71. The minimum Gasteiger partial charge on any atom is -0.472 e. The second-order valence-electron chi connectivity index (χ2n) is 6.73. The molecule has 0 spiro atoms. The lowest BCUT2D eigenvalue weighted by molar-refractivity contribution is 0.0666. The first kappa shape index (κ1) is 18.6. The molecule has 146 valence electrons. The van der Waals surface area contributed by atoms with Crippen LogP contribution in [0.2, 0.25) is 0 Å². The molecule has 1 fully saturated rings. The van der Waals surface area contributed by atoms with Gasteiger partial charge in [0.15, 0.2) is 0 Å². The van der Waals surface area contributed by atoms with Gasteiger partial charge in [-0.25, -0.2) is 18.4 Å². The zero-order chi connectivity index (χ0) is 19.6. The van der Waals surface area contributed by atoms with Crippen LogP contribution in [0.3, 0.4) is 0 Å². The predicted octanol–water partition coefficient (Wildman–Crippen LogP) is 3.30. The molecule has 1 atom stereocenters. The van der Waals surface area contributed by atoms with E-state index in [4.69, 9.17) is 9.47 Å². The first-order valence-corrected chi connectivity index (χ1v) is 10.6. The number of nitrogens with one attached hydrogen (secondary N) is 1. The summed E-state index contributed by atoms with van der Waals surface area (Å²) < 4.78 is 39.5. The zero-order valence-corrected chi connectivity index (χ0v) is 16.3. The molecule has 0 saturated carbocycles. The molecule has 1 aliphatic rings. The summed E-state index contributed by atoms with van der Waals surface area (Å²) in [6, 6.07) is 13.8. The number of fused-ring (bicyclic) bond motifs is 1. The van der Waals surface area contributed by atoms with Gasteiger partial charge in [-0.1, -0.05) is 29.8 Å². The molecule has 1 N–H and O–H groups in total. The summed E-state index contributed by atoms with van der Waals surface area (Å²) >= 11 is 0. The third-order valence-electron chi connectivity index (χ3n) is 4.53. The van der Waals surface area contributed by atoms with Crippen molar-refractivity contribution in [1.82, 2.24) is 9.97 Å². The van der Waals surface area contributed by atoms with E-state index in [-0.39, 0.29) is 22.7 Å². The number of benzene rings is 2. The Balaban J connectivity index is 1.67. The second kappa shape index (κ2) is 7.73. The molecule has 0 amide bonds. The van der Waals surface area contributed by atoms with Crippen molar-refractivity contribution in [3.8, 4) is 5.88 Å². The first-order valence-electron chi connectivity index (χ1n) is 9.12. The molecular weight excluding hydrogens is 378 g/mol. The monoisotopic (exact) mass is 399 g/mol. The molecule has 1 saturated heterocycles. The van der Waals surface area contributed by atoms with Crippen molar-refractivity contribution in [2.75, 3.05) is 17.9 Å². The number of nitrogens with zero attached hydrogens (tertiary/aromatic N) is 2. The van der Waals surface area contributed by atoms with E-state index < -0.39 is 10.0 Å². The maximum absolute atomic E-state index is 12.8. The van der Waals surface area contributed by atoms with Crippen LogP contribution < -0.4 is 9.46 Å². The van der Waals surface area contributed by atoms with Gasteiger partial charge in [-0.2, -0.15) is 0 Å². The molecule has 1 aromatic heterocycles. The van der Waals surface area contributed by atoms with Gasteiger partial charge in [0.2, 0.25) is 5.82 Å². The Morgan fingerprint density at radius 2 is 1.82 bits per heavy atom. The lowest BCUT2D eigenvalue weighted by Crippen LogP contribution is -2.19. The average Bonchev–Trinajstić information content (AvgIpc) is 3.20. The third kappa shape index (κ3) is 4.07. The second-order valence-corrected chi connectivity index (χ2v) is 8.41. The molecule has 7 nitrogen and oxygen atoms in total. The number of rotatable bonds is 6. The largest absolute Gasteiger partial charge is 0.472 e. The van der Waals surface area contributed by atoms with E-state index >= 15 is 0 Å². The van der Waals surface area contributed by atoms with Crippen LogP contribution >= 0.6 is 0 Å². The van der Waals surface area contributed by atoms with Gasteiger partial charge in [0, 0.05) is 6.61 Å². The lowest BCUT2D eigenvalue weighted by atomic mass is 10.2. The van der Waals surface area contributed by atoms with Gasteiger partial charge in [-0.05, 0) is 44.0 Å². The van der Waals surface area contributed by atoms with Crippen LogP contribution in [-0.4, -0.2) is 37.7 Å².